The Hall–Kier alpha value is -3.33. The van der Waals surface area contributed by atoms with Crippen LogP contribution < -0.4 is 16.0 Å². The lowest BCUT2D eigenvalue weighted by Gasteiger charge is -2.23. The topological polar surface area (TPSA) is 110 Å². The van der Waals surface area contributed by atoms with Gasteiger partial charge in [-0.1, -0.05) is 29.8 Å². The van der Waals surface area contributed by atoms with Crippen molar-refractivity contribution in [2.45, 2.75) is 24.4 Å². The van der Waals surface area contributed by atoms with E-state index in [2.05, 4.69) is 16.4 Å². The quantitative estimate of drug-likeness (QED) is 0.627. The van der Waals surface area contributed by atoms with Crippen molar-refractivity contribution in [1.82, 2.24) is 4.98 Å². The molecule has 3 heterocycles. The molecular weight excluding hydrogens is 426 g/mol. The lowest BCUT2D eigenvalue weighted by Crippen LogP contribution is -2.27. The second-order valence-electron chi connectivity index (χ2n) is 8.21. The number of amidine groups is 1. The Kier molecular flexibility index (Phi) is 5.13. The average Bonchev–Trinajstić information content (AvgIpc) is 3.14. The molecule has 2 aromatic carbocycles. The molecule has 32 heavy (non-hydrogen) atoms. The highest BCUT2D eigenvalue weighted by atomic mass is 32.2. The number of fused-ring (bicyclic) bond motifs is 2. The van der Waals surface area contributed by atoms with Gasteiger partial charge in [0, 0.05) is 36.8 Å². The minimum Gasteiger partial charge on any atom is -0.463 e. The number of aliphatic imine (C=N–C) groups is 1. The number of pyridine rings is 1. The number of nitrogens with one attached hydrogen (secondary N) is 1. The van der Waals surface area contributed by atoms with Crippen molar-refractivity contribution in [3.05, 3.63) is 59.7 Å². The molecule has 0 saturated carbocycles. The van der Waals surface area contributed by atoms with Gasteiger partial charge in [0.1, 0.15) is 18.5 Å². The molecule has 8 nitrogen and oxygen atoms in total. The SMILES string of the molecule is Cc1ccc2nc(N3CCS(=O)(=O)c4ccccc4C3)cc(NC[C@H]3COC(N)=N3)c2c1. The second-order valence-corrected chi connectivity index (χ2v) is 10.3. The summed E-state index contributed by atoms with van der Waals surface area (Å²) in [5.41, 5.74) is 9.34. The van der Waals surface area contributed by atoms with Crippen LogP contribution in [0.25, 0.3) is 10.9 Å². The minimum atomic E-state index is -3.33. The maximum atomic E-state index is 12.8. The van der Waals surface area contributed by atoms with Crippen molar-refractivity contribution in [1.29, 1.82) is 0 Å². The number of aryl methyl sites for hydroxylation is 1. The zero-order valence-corrected chi connectivity index (χ0v) is 18.6. The smallest absolute Gasteiger partial charge is 0.282 e. The van der Waals surface area contributed by atoms with E-state index < -0.39 is 9.84 Å². The van der Waals surface area contributed by atoms with Crippen LogP contribution in [0.4, 0.5) is 11.5 Å². The molecule has 2 aliphatic heterocycles. The molecule has 0 spiro atoms. The van der Waals surface area contributed by atoms with Crippen LogP contribution in [0.5, 0.6) is 0 Å². The lowest BCUT2D eigenvalue weighted by atomic mass is 10.1. The van der Waals surface area contributed by atoms with Gasteiger partial charge in [-0.25, -0.2) is 18.4 Å². The van der Waals surface area contributed by atoms with Crippen molar-refractivity contribution < 1.29 is 13.2 Å². The maximum absolute atomic E-state index is 12.8. The van der Waals surface area contributed by atoms with Crippen molar-refractivity contribution in [2.75, 3.05) is 35.7 Å². The second kappa shape index (κ2) is 7.98. The van der Waals surface area contributed by atoms with E-state index in [1.807, 2.05) is 42.2 Å². The van der Waals surface area contributed by atoms with E-state index in [0.717, 1.165) is 33.5 Å². The highest BCUT2D eigenvalue weighted by Crippen LogP contribution is 2.31. The van der Waals surface area contributed by atoms with Crippen LogP contribution >= 0.6 is 0 Å². The first-order valence-electron chi connectivity index (χ1n) is 10.6. The van der Waals surface area contributed by atoms with Gasteiger partial charge in [0.15, 0.2) is 9.84 Å². The Morgan fingerprint density at radius 3 is 2.88 bits per heavy atom. The number of sulfone groups is 1. The highest BCUT2D eigenvalue weighted by molar-refractivity contribution is 7.91. The van der Waals surface area contributed by atoms with Gasteiger partial charge < -0.3 is 20.7 Å². The molecule has 3 N–H and O–H groups in total. The molecule has 5 rings (SSSR count). The van der Waals surface area contributed by atoms with Gasteiger partial charge in [0.2, 0.25) is 0 Å². The fourth-order valence-electron chi connectivity index (χ4n) is 4.16. The Bertz CT molecular complexity index is 1320. The van der Waals surface area contributed by atoms with Gasteiger partial charge in [0.25, 0.3) is 6.02 Å². The van der Waals surface area contributed by atoms with E-state index in [4.69, 9.17) is 15.5 Å². The molecule has 0 radical (unpaired) electrons. The maximum Gasteiger partial charge on any atom is 0.282 e. The molecule has 0 aliphatic carbocycles. The first-order valence-corrected chi connectivity index (χ1v) is 12.2. The minimum absolute atomic E-state index is 0.0494. The van der Waals surface area contributed by atoms with Crippen molar-refractivity contribution in [3.63, 3.8) is 0 Å². The van der Waals surface area contributed by atoms with Crippen LogP contribution in [0, 0.1) is 6.92 Å². The number of ether oxygens (including phenoxy) is 1. The van der Waals surface area contributed by atoms with E-state index in [0.29, 0.717) is 31.1 Å². The number of aromatic nitrogens is 1. The Balaban J connectivity index is 1.52. The van der Waals surface area contributed by atoms with E-state index in [9.17, 15) is 8.42 Å². The van der Waals surface area contributed by atoms with Crippen LogP contribution in [0.3, 0.4) is 0 Å². The lowest BCUT2D eigenvalue weighted by molar-refractivity contribution is 0.316. The number of hydrogen-bond donors (Lipinski definition) is 2. The molecule has 0 saturated heterocycles. The Morgan fingerprint density at radius 1 is 1.22 bits per heavy atom. The summed E-state index contributed by atoms with van der Waals surface area (Å²) in [7, 11) is -3.33. The van der Waals surface area contributed by atoms with E-state index >= 15 is 0 Å². The summed E-state index contributed by atoms with van der Waals surface area (Å²) < 4.78 is 30.8. The summed E-state index contributed by atoms with van der Waals surface area (Å²) >= 11 is 0. The predicted octanol–water partition coefficient (Wildman–Crippen LogP) is 2.46. The third-order valence-corrected chi connectivity index (χ3v) is 7.62. The molecule has 0 fully saturated rings. The van der Waals surface area contributed by atoms with Gasteiger partial charge in [-0.05, 0) is 30.7 Å². The molecule has 9 heteroatoms. The van der Waals surface area contributed by atoms with Crippen molar-refractivity contribution in [3.8, 4) is 0 Å². The van der Waals surface area contributed by atoms with E-state index in [-0.39, 0.29) is 17.8 Å². The number of benzene rings is 2. The van der Waals surface area contributed by atoms with Crippen LogP contribution in [0.2, 0.25) is 0 Å². The predicted molar refractivity (Wildman–Crippen MR) is 126 cm³/mol. The molecule has 3 aromatic rings. The number of nitrogens with two attached hydrogens (primary N) is 1. The Labute approximate surface area is 187 Å². The molecule has 166 valence electrons. The average molecular weight is 452 g/mol. The summed E-state index contributed by atoms with van der Waals surface area (Å²) in [6.07, 6.45) is 0. The summed E-state index contributed by atoms with van der Waals surface area (Å²) in [6, 6.07) is 15.5. The molecule has 0 unspecified atom stereocenters. The van der Waals surface area contributed by atoms with E-state index in [1.165, 1.54) is 0 Å². The zero-order chi connectivity index (χ0) is 22.3. The molecule has 0 amide bonds. The fourth-order valence-corrected chi connectivity index (χ4v) is 5.66. The van der Waals surface area contributed by atoms with Gasteiger partial charge in [-0.3, -0.25) is 0 Å². The molecule has 0 bridgehead atoms. The summed E-state index contributed by atoms with van der Waals surface area (Å²) in [5.74, 6) is 0.787. The monoisotopic (exact) mass is 451 g/mol. The number of anilines is 2. The molecule has 2 aliphatic rings. The summed E-state index contributed by atoms with van der Waals surface area (Å²) in [5, 5.41) is 4.49. The van der Waals surface area contributed by atoms with Gasteiger partial charge in [0.05, 0.1) is 16.2 Å². The number of nitrogens with zero attached hydrogens (tertiary/aromatic N) is 3. The van der Waals surface area contributed by atoms with Crippen molar-refractivity contribution >= 4 is 38.3 Å². The first-order chi connectivity index (χ1) is 15.4. The number of rotatable bonds is 4. The van der Waals surface area contributed by atoms with Gasteiger partial charge in [-0.2, -0.15) is 0 Å². The Morgan fingerprint density at radius 2 is 2.06 bits per heavy atom. The van der Waals surface area contributed by atoms with Crippen LogP contribution in [0.1, 0.15) is 11.1 Å². The summed E-state index contributed by atoms with van der Waals surface area (Å²) in [4.78, 5) is 11.6. The normalized spacial score (nSPS) is 19.7. The zero-order valence-electron chi connectivity index (χ0n) is 17.8. The van der Waals surface area contributed by atoms with Crippen LogP contribution in [-0.2, 0) is 21.1 Å². The molecular formula is C23H25N5O3S. The standard InChI is InChI=1S/C23H25N5O3S/c1-15-6-7-19-18(10-15)20(25-12-17-14-31-23(24)26-17)11-22(27-19)28-8-9-32(29,30)21-5-3-2-4-16(21)13-28/h2-7,10-11,17H,8-9,12-14H2,1H3,(H2,24,26)(H,25,27)/t17-/m0/s1. The molecule has 1 atom stereocenters. The van der Waals surface area contributed by atoms with Gasteiger partial charge >= 0.3 is 0 Å². The molecule has 1 aromatic heterocycles. The van der Waals surface area contributed by atoms with Crippen LogP contribution in [-0.4, -0.2) is 50.9 Å². The van der Waals surface area contributed by atoms with Gasteiger partial charge in [-0.15, -0.1) is 0 Å². The third kappa shape index (κ3) is 3.95. The third-order valence-electron chi connectivity index (χ3n) is 5.84. The highest BCUT2D eigenvalue weighted by Gasteiger charge is 2.26. The fraction of sp³-hybridized carbons (Fsp3) is 0.304. The number of hydrogen-bond acceptors (Lipinski definition) is 8. The van der Waals surface area contributed by atoms with Crippen molar-refractivity contribution in [2.24, 2.45) is 10.7 Å². The van der Waals surface area contributed by atoms with E-state index in [1.54, 1.807) is 12.1 Å². The van der Waals surface area contributed by atoms with Crippen LogP contribution in [0.15, 0.2) is 58.4 Å². The first kappa shape index (κ1) is 20.6. The summed E-state index contributed by atoms with van der Waals surface area (Å²) in [6.45, 7) is 3.93. The largest absolute Gasteiger partial charge is 0.463 e.